The summed E-state index contributed by atoms with van der Waals surface area (Å²) in [5.41, 5.74) is 0. The van der Waals surface area contributed by atoms with Crippen LogP contribution in [0.1, 0.15) is 13.3 Å². The molecule has 26 heavy (non-hydrogen) atoms. The van der Waals surface area contributed by atoms with Gasteiger partial charge in [0, 0.05) is 13.2 Å². The Morgan fingerprint density at radius 1 is 1.23 bits per heavy atom. The fourth-order valence-corrected chi connectivity index (χ4v) is 2.19. The van der Waals surface area contributed by atoms with Gasteiger partial charge >= 0.3 is 0 Å². The van der Waals surface area contributed by atoms with Gasteiger partial charge < -0.3 is 20.1 Å². The number of nitrogens with zero attached hydrogens (tertiary/aromatic N) is 2. The van der Waals surface area contributed by atoms with Crippen molar-refractivity contribution in [3.8, 4) is 11.5 Å². The first-order chi connectivity index (χ1) is 12.7. The summed E-state index contributed by atoms with van der Waals surface area (Å²) in [6, 6.07) is 10.1. The standard InChI is InChI=1S/C19H25FN4O2/c1-3-15(26-18-9-5-4-8-17(18)20)14-24-19(21-2)23-11-12-25-16-7-6-10-22-13-16/h4-10,13,15H,3,11-12,14H2,1-2H3,(H2,21,23,24). The second kappa shape index (κ2) is 10.9. The van der Waals surface area contributed by atoms with Gasteiger partial charge in [-0.2, -0.15) is 0 Å². The van der Waals surface area contributed by atoms with Crippen molar-refractivity contribution >= 4 is 5.96 Å². The first-order valence-corrected chi connectivity index (χ1v) is 8.61. The Kier molecular flexibility index (Phi) is 8.18. The number of pyridine rings is 1. The number of ether oxygens (including phenoxy) is 2. The summed E-state index contributed by atoms with van der Waals surface area (Å²) in [6.45, 7) is 3.56. The molecule has 1 atom stereocenters. The van der Waals surface area contributed by atoms with E-state index >= 15 is 0 Å². The quantitative estimate of drug-likeness (QED) is 0.409. The van der Waals surface area contributed by atoms with Crippen LogP contribution in [-0.4, -0.2) is 43.8 Å². The lowest BCUT2D eigenvalue weighted by atomic mass is 10.2. The summed E-state index contributed by atoms with van der Waals surface area (Å²) in [4.78, 5) is 8.15. The first-order valence-electron chi connectivity index (χ1n) is 8.61. The summed E-state index contributed by atoms with van der Waals surface area (Å²) < 4.78 is 25.0. The average molecular weight is 360 g/mol. The van der Waals surface area contributed by atoms with Crippen LogP contribution in [0.25, 0.3) is 0 Å². The first kappa shape index (κ1) is 19.5. The molecule has 0 aliphatic rings. The molecule has 0 amide bonds. The maximum Gasteiger partial charge on any atom is 0.191 e. The second-order valence-corrected chi connectivity index (χ2v) is 5.50. The number of hydrogen-bond donors (Lipinski definition) is 2. The Labute approximate surface area is 153 Å². The van der Waals surface area contributed by atoms with Gasteiger partial charge in [0.15, 0.2) is 17.5 Å². The highest BCUT2D eigenvalue weighted by Crippen LogP contribution is 2.17. The van der Waals surface area contributed by atoms with E-state index in [1.54, 1.807) is 37.6 Å². The van der Waals surface area contributed by atoms with Crippen molar-refractivity contribution in [2.24, 2.45) is 4.99 Å². The van der Waals surface area contributed by atoms with E-state index in [1.807, 2.05) is 19.1 Å². The number of benzene rings is 1. The van der Waals surface area contributed by atoms with Crippen LogP contribution in [-0.2, 0) is 0 Å². The number of halogens is 1. The van der Waals surface area contributed by atoms with Crippen molar-refractivity contribution in [2.75, 3.05) is 26.7 Å². The molecule has 2 N–H and O–H groups in total. The third-order valence-corrected chi connectivity index (χ3v) is 3.60. The summed E-state index contributed by atoms with van der Waals surface area (Å²) in [5.74, 6) is 1.26. The largest absolute Gasteiger partial charge is 0.490 e. The van der Waals surface area contributed by atoms with Gasteiger partial charge in [0.1, 0.15) is 18.5 Å². The van der Waals surface area contributed by atoms with E-state index in [1.165, 1.54) is 6.07 Å². The van der Waals surface area contributed by atoms with E-state index in [4.69, 9.17) is 9.47 Å². The zero-order chi connectivity index (χ0) is 18.6. The summed E-state index contributed by atoms with van der Waals surface area (Å²) in [7, 11) is 1.69. The minimum Gasteiger partial charge on any atom is -0.490 e. The number of guanidine groups is 1. The van der Waals surface area contributed by atoms with E-state index < -0.39 is 0 Å². The number of para-hydroxylation sites is 1. The minimum absolute atomic E-state index is 0.169. The molecule has 1 aromatic carbocycles. The normalized spacial score (nSPS) is 12.3. The van der Waals surface area contributed by atoms with Gasteiger partial charge in [0.25, 0.3) is 0 Å². The van der Waals surface area contributed by atoms with Gasteiger partial charge in [-0.15, -0.1) is 0 Å². The molecular weight excluding hydrogens is 335 g/mol. The van der Waals surface area contributed by atoms with Crippen LogP contribution < -0.4 is 20.1 Å². The highest BCUT2D eigenvalue weighted by molar-refractivity contribution is 5.79. The molecule has 6 nitrogen and oxygen atoms in total. The molecule has 1 heterocycles. The number of aromatic nitrogens is 1. The van der Waals surface area contributed by atoms with Crippen LogP contribution in [0.15, 0.2) is 53.8 Å². The van der Waals surface area contributed by atoms with E-state index in [2.05, 4.69) is 20.6 Å². The Balaban J connectivity index is 1.72. The molecule has 0 aliphatic carbocycles. The molecule has 0 fully saturated rings. The van der Waals surface area contributed by atoms with Gasteiger partial charge in [-0.05, 0) is 30.7 Å². The van der Waals surface area contributed by atoms with Crippen LogP contribution in [0.5, 0.6) is 11.5 Å². The second-order valence-electron chi connectivity index (χ2n) is 5.50. The third kappa shape index (κ3) is 6.58. The lowest BCUT2D eigenvalue weighted by Crippen LogP contribution is -2.43. The predicted octanol–water partition coefficient (Wildman–Crippen LogP) is 2.62. The van der Waals surface area contributed by atoms with E-state index in [0.717, 1.165) is 12.2 Å². The minimum atomic E-state index is -0.360. The summed E-state index contributed by atoms with van der Waals surface area (Å²) >= 11 is 0. The number of hydrogen-bond acceptors (Lipinski definition) is 4. The Bertz CT molecular complexity index is 682. The van der Waals surface area contributed by atoms with Crippen molar-refractivity contribution in [3.05, 3.63) is 54.6 Å². The van der Waals surface area contributed by atoms with Gasteiger partial charge in [-0.25, -0.2) is 4.39 Å². The predicted molar refractivity (Wildman–Crippen MR) is 100 cm³/mol. The molecule has 1 unspecified atom stereocenters. The maximum absolute atomic E-state index is 13.7. The smallest absolute Gasteiger partial charge is 0.191 e. The molecule has 0 radical (unpaired) electrons. The monoisotopic (exact) mass is 360 g/mol. The highest BCUT2D eigenvalue weighted by atomic mass is 19.1. The maximum atomic E-state index is 13.7. The van der Waals surface area contributed by atoms with Gasteiger partial charge in [-0.1, -0.05) is 19.1 Å². The molecule has 0 aliphatic heterocycles. The summed E-state index contributed by atoms with van der Waals surface area (Å²) in [6.07, 6.45) is 3.93. The van der Waals surface area contributed by atoms with Crippen molar-refractivity contribution < 1.29 is 13.9 Å². The zero-order valence-electron chi connectivity index (χ0n) is 15.1. The van der Waals surface area contributed by atoms with Gasteiger partial charge in [-0.3, -0.25) is 9.98 Å². The highest BCUT2D eigenvalue weighted by Gasteiger charge is 2.11. The molecule has 1 aromatic heterocycles. The molecule has 0 spiro atoms. The Hall–Kier alpha value is -2.83. The molecule has 2 rings (SSSR count). The lowest BCUT2D eigenvalue weighted by Gasteiger charge is -2.20. The SMILES string of the molecule is CCC(CNC(=NC)NCCOc1cccnc1)Oc1ccccc1F. The van der Waals surface area contributed by atoms with Crippen LogP contribution in [0.2, 0.25) is 0 Å². The molecule has 0 saturated heterocycles. The molecule has 0 saturated carbocycles. The van der Waals surface area contributed by atoms with Crippen molar-refractivity contribution in [1.82, 2.24) is 15.6 Å². The molecule has 7 heteroatoms. The summed E-state index contributed by atoms with van der Waals surface area (Å²) in [5, 5.41) is 6.34. The third-order valence-electron chi connectivity index (χ3n) is 3.60. The Morgan fingerprint density at radius 3 is 2.77 bits per heavy atom. The van der Waals surface area contributed by atoms with Crippen LogP contribution in [0.3, 0.4) is 0 Å². The lowest BCUT2D eigenvalue weighted by molar-refractivity contribution is 0.191. The van der Waals surface area contributed by atoms with E-state index in [-0.39, 0.29) is 17.7 Å². The van der Waals surface area contributed by atoms with E-state index in [0.29, 0.717) is 25.7 Å². The topological polar surface area (TPSA) is 67.8 Å². The van der Waals surface area contributed by atoms with Crippen LogP contribution in [0, 0.1) is 5.82 Å². The fraction of sp³-hybridized carbons (Fsp3) is 0.368. The van der Waals surface area contributed by atoms with Crippen molar-refractivity contribution in [3.63, 3.8) is 0 Å². The molecule has 2 aromatic rings. The van der Waals surface area contributed by atoms with Crippen LogP contribution >= 0.6 is 0 Å². The molecule has 0 bridgehead atoms. The average Bonchev–Trinajstić information content (AvgIpc) is 2.68. The van der Waals surface area contributed by atoms with Crippen molar-refractivity contribution in [1.29, 1.82) is 0 Å². The Morgan fingerprint density at radius 2 is 2.08 bits per heavy atom. The fourth-order valence-electron chi connectivity index (χ4n) is 2.19. The zero-order valence-corrected chi connectivity index (χ0v) is 15.1. The number of nitrogens with one attached hydrogen (secondary N) is 2. The number of rotatable bonds is 9. The molecule has 140 valence electrons. The number of aliphatic imine (C=N–C) groups is 1. The molecular formula is C19H25FN4O2. The van der Waals surface area contributed by atoms with Gasteiger partial charge in [0.05, 0.1) is 19.3 Å². The van der Waals surface area contributed by atoms with Gasteiger partial charge in [0.2, 0.25) is 0 Å². The van der Waals surface area contributed by atoms with Crippen molar-refractivity contribution in [2.45, 2.75) is 19.4 Å². The van der Waals surface area contributed by atoms with Crippen LogP contribution in [0.4, 0.5) is 4.39 Å². The van der Waals surface area contributed by atoms with E-state index in [9.17, 15) is 4.39 Å².